The number of hydrogen-bond acceptors (Lipinski definition) is 2. The second-order valence-electron chi connectivity index (χ2n) is 2.89. The summed E-state index contributed by atoms with van der Waals surface area (Å²) in [6.07, 6.45) is 6.08. The van der Waals surface area contributed by atoms with Gasteiger partial charge in [-0.3, -0.25) is 4.79 Å². The Morgan fingerprint density at radius 3 is 2.50 bits per heavy atom. The molecule has 0 fully saturated rings. The van der Waals surface area contributed by atoms with Gasteiger partial charge in [-0.2, -0.15) is 0 Å². The summed E-state index contributed by atoms with van der Waals surface area (Å²) in [6.45, 7) is 2.49. The minimum absolute atomic E-state index is 0.325. The van der Waals surface area contributed by atoms with Gasteiger partial charge in [0.1, 0.15) is 0 Å². The van der Waals surface area contributed by atoms with Crippen molar-refractivity contribution in [2.24, 2.45) is 11.5 Å². The Labute approximate surface area is 73.8 Å². The maximum Gasteiger partial charge on any atom is 0.244 e. The highest BCUT2D eigenvalue weighted by Gasteiger charge is 1.94. The average molecular weight is 170 g/mol. The SMILES string of the molecule is C/C(=C\CCCCCN)C(N)=O. The smallest absolute Gasteiger partial charge is 0.244 e. The molecule has 1 amide bonds. The van der Waals surface area contributed by atoms with Crippen molar-refractivity contribution in [2.45, 2.75) is 32.6 Å². The van der Waals surface area contributed by atoms with E-state index in [-0.39, 0.29) is 5.91 Å². The third-order valence-electron chi connectivity index (χ3n) is 1.75. The zero-order valence-corrected chi connectivity index (χ0v) is 7.68. The van der Waals surface area contributed by atoms with E-state index < -0.39 is 0 Å². The van der Waals surface area contributed by atoms with Crippen LogP contribution in [0.25, 0.3) is 0 Å². The second-order valence-corrected chi connectivity index (χ2v) is 2.89. The van der Waals surface area contributed by atoms with Crippen molar-refractivity contribution in [3.05, 3.63) is 11.6 Å². The molecule has 70 valence electrons. The average Bonchev–Trinajstić information content (AvgIpc) is 2.03. The lowest BCUT2D eigenvalue weighted by atomic mass is 10.1. The quantitative estimate of drug-likeness (QED) is 0.460. The molecular formula is C9H18N2O. The maximum absolute atomic E-state index is 10.6. The van der Waals surface area contributed by atoms with Gasteiger partial charge in [0.05, 0.1) is 0 Å². The lowest BCUT2D eigenvalue weighted by Crippen LogP contribution is -2.11. The van der Waals surface area contributed by atoms with E-state index in [2.05, 4.69) is 0 Å². The number of unbranched alkanes of at least 4 members (excludes halogenated alkanes) is 3. The van der Waals surface area contributed by atoms with Crippen molar-refractivity contribution in [3.8, 4) is 0 Å². The van der Waals surface area contributed by atoms with Crippen molar-refractivity contribution >= 4 is 5.91 Å². The van der Waals surface area contributed by atoms with Crippen LogP contribution >= 0.6 is 0 Å². The Hall–Kier alpha value is -0.830. The van der Waals surface area contributed by atoms with Gasteiger partial charge in [-0.05, 0) is 32.7 Å². The van der Waals surface area contributed by atoms with Gasteiger partial charge in [0, 0.05) is 5.57 Å². The van der Waals surface area contributed by atoms with E-state index in [9.17, 15) is 4.79 Å². The zero-order valence-electron chi connectivity index (χ0n) is 7.68. The molecule has 0 saturated heterocycles. The third-order valence-corrected chi connectivity index (χ3v) is 1.75. The summed E-state index contributed by atoms with van der Waals surface area (Å²) in [5, 5.41) is 0. The third kappa shape index (κ3) is 5.92. The van der Waals surface area contributed by atoms with Gasteiger partial charge < -0.3 is 11.5 Å². The summed E-state index contributed by atoms with van der Waals surface area (Å²) in [6, 6.07) is 0. The maximum atomic E-state index is 10.6. The molecular weight excluding hydrogens is 152 g/mol. The summed E-state index contributed by atoms with van der Waals surface area (Å²) in [4.78, 5) is 10.6. The molecule has 0 atom stereocenters. The predicted octanol–water partition coefficient (Wildman–Crippen LogP) is 0.937. The van der Waals surface area contributed by atoms with Crippen LogP contribution in [0.2, 0.25) is 0 Å². The Morgan fingerprint density at radius 1 is 1.33 bits per heavy atom. The van der Waals surface area contributed by atoms with E-state index in [0.717, 1.165) is 32.2 Å². The van der Waals surface area contributed by atoms with E-state index in [1.54, 1.807) is 6.92 Å². The first kappa shape index (κ1) is 11.2. The molecule has 4 N–H and O–H groups in total. The molecule has 0 aromatic rings. The van der Waals surface area contributed by atoms with Crippen LogP contribution in [-0.2, 0) is 4.79 Å². The topological polar surface area (TPSA) is 69.1 Å². The molecule has 3 heteroatoms. The number of primary amides is 1. The monoisotopic (exact) mass is 170 g/mol. The van der Waals surface area contributed by atoms with Gasteiger partial charge in [-0.1, -0.05) is 12.5 Å². The highest BCUT2D eigenvalue weighted by atomic mass is 16.1. The normalized spacial score (nSPS) is 11.7. The molecule has 0 rings (SSSR count). The Balaban J connectivity index is 3.40. The first-order chi connectivity index (χ1) is 5.68. The van der Waals surface area contributed by atoms with Crippen LogP contribution in [0.1, 0.15) is 32.6 Å². The van der Waals surface area contributed by atoms with Crippen LogP contribution in [0, 0.1) is 0 Å². The molecule has 0 aliphatic rings. The summed E-state index contributed by atoms with van der Waals surface area (Å²) in [5.74, 6) is -0.325. The van der Waals surface area contributed by atoms with Gasteiger partial charge >= 0.3 is 0 Å². The van der Waals surface area contributed by atoms with Crippen molar-refractivity contribution in [3.63, 3.8) is 0 Å². The molecule has 0 aliphatic carbocycles. The van der Waals surface area contributed by atoms with E-state index in [4.69, 9.17) is 11.5 Å². The number of nitrogens with two attached hydrogens (primary N) is 2. The van der Waals surface area contributed by atoms with Crippen LogP contribution in [0.4, 0.5) is 0 Å². The Bertz CT molecular complexity index is 164. The van der Waals surface area contributed by atoms with E-state index >= 15 is 0 Å². The van der Waals surface area contributed by atoms with E-state index in [0.29, 0.717) is 5.57 Å². The minimum Gasteiger partial charge on any atom is -0.366 e. The standard InChI is InChI=1S/C9H18N2O/c1-8(9(11)12)6-4-2-3-5-7-10/h6H,2-5,7,10H2,1H3,(H2,11,12)/b8-6+. The first-order valence-corrected chi connectivity index (χ1v) is 4.35. The molecule has 0 heterocycles. The fourth-order valence-electron chi connectivity index (χ4n) is 0.885. The number of hydrogen-bond donors (Lipinski definition) is 2. The molecule has 0 radical (unpaired) electrons. The second kappa shape index (κ2) is 6.85. The van der Waals surface area contributed by atoms with E-state index in [1.165, 1.54) is 0 Å². The van der Waals surface area contributed by atoms with Gasteiger partial charge in [0.15, 0.2) is 0 Å². The molecule has 3 nitrogen and oxygen atoms in total. The van der Waals surface area contributed by atoms with E-state index in [1.807, 2.05) is 6.08 Å². The molecule has 0 aliphatic heterocycles. The Kier molecular flexibility index (Phi) is 6.38. The molecule has 0 aromatic heterocycles. The van der Waals surface area contributed by atoms with Crippen LogP contribution < -0.4 is 11.5 Å². The number of carbonyl (C=O) groups excluding carboxylic acids is 1. The fourth-order valence-corrected chi connectivity index (χ4v) is 0.885. The van der Waals surface area contributed by atoms with Crippen molar-refractivity contribution in [1.82, 2.24) is 0 Å². The minimum atomic E-state index is -0.325. The largest absolute Gasteiger partial charge is 0.366 e. The van der Waals surface area contributed by atoms with Crippen molar-refractivity contribution < 1.29 is 4.79 Å². The summed E-state index contributed by atoms with van der Waals surface area (Å²) >= 11 is 0. The highest BCUT2D eigenvalue weighted by molar-refractivity contribution is 5.91. The molecule has 0 spiro atoms. The molecule has 0 unspecified atom stereocenters. The predicted molar refractivity (Wildman–Crippen MR) is 50.5 cm³/mol. The lowest BCUT2D eigenvalue weighted by molar-refractivity contribution is -0.114. The van der Waals surface area contributed by atoms with Crippen molar-refractivity contribution in [2.75, 3.05) is 6.54 Å². The number of rotatable bonds is 6. The van der Waals surface area contributed by atoms with Crippen LogP contribution in [0.5, 0.6) is 0 Å². The van der Waals surface area contributed by atoms with Crippen LogP contribution in [0.3, 0.4) is 0 Å². The number of allylic oxidation sites excluding steroid dienone is 1. The van der Waals surface area contributed by atoms with Crippen LogP contribution in [-0.4, -0.2) is 12.5 Å². The molecule has 12 heavy (non-hydrogen) atoms. The number of amides is 1. The molecule has 0 aromatic carbocycles. The van der Waals surface area contributed by atoms with Gasteiger partial charge in [-0.15, -0.1) is 0 Å². The van der Waals surface area contributed by atoms with Gasteiger partial charge in [0.25, 0.3) is 0 Å². The Morgan fingerprint density at radius 2 is 2.00 bits per heavy atom. The van der Waals surface area contributed by atoms with Gasteiger partial charge in [0.2, 0.25) is 5.91 Å². The number of carbonyl (C=O) groups is 1. The lowest BCUT2D eigenvalue weighted by Gasteiger charge is -1.96. The fraction of sp³-hybridized carbons (Fsp3) is 0.667. The summed E-state index contributed by atoms with van der Waals surface area (Å²) < 4.78 is 0. The van der Waals surface area contributed by atoms with Crippen LogP contribution in [0.15, 0.2) is 11.6 Å². The summed E-state index contributed by atoms with van der Waals surface area (Å²) in [5.41, 5.74) is 11.0. The van der Waals surface area contributed by atoms with Gasteiger partial charge in [-0.25, -0.2) is 0 Å². The first-order valence-electron chi connectivity index (χ1n) is 4.35. The highest BCUT2D eigenvalue weighted by Crippen LogP contribution is 2.02. The summed E-state index contributed by atoms with van der Waals surface area (Å²) in [7, 11) is 0. The molecule has 0 saturated carbocycles. The molecule has 0 bridgehead atoms. The van der Waals surface area contributed by atoms with Crippen molar-refractivity contribution in [1.29, 1.82) is 0 Å². The zero-order chi connectivity index (χ0) is 9.40.